The van der Waals surface area contributed by atoms with E-state index in [0.717, 1.165) is 53.0 Å². The highest BCUT2D eigenvalue weighted by atomic mass is 35.5. The van der Waals surface area contributed by atoms with Gasteiger partial charge in [0.1, 0.15) is 0 Å². The maximum atomic E-state index is 12.9. The summed E-state index contributed by atoms with van der Waals surface area (Å²) >= 11 is 5.97. The summed E-state index contributed by atoms with van der Waals surface area (Å²) in [5.41, 5.74) is 7.75. The van der Waals surface area contributed by atoms with E-state index in [2.05, 4.69) is 17.4 Å². The van der Waals surface area contributed by atoms with E-state index >= 15 is 0 Å². The smallest absolute Gasteiger partial charge is 0.229 e. The van der Waals surface area contributed by atoms with Crippen molar-refractivity contribution in [1.29, 1.82) is 0 Å². The first-order valence-electron chi connectivity index (χ1n) is 11.8. The second-order valence-corrected chi connectivity index (χ2v) is 9.24. The highest BCUT2D eigenvalue weighted by Crippen LogP contribution is 2.33. The molecule has 1 aliphatic carbocycles. The summed E-state index contributed by atoms with van der Waals surface area (Å²) in [4.78, 5) is 22.8. The first kappa shape index (κ1) is 23.2. The van der Waals surface area contributed by atoms with Crippen molar-refractivity contribution < 1.29 is 9.90 Å². The number of nitrogens with zero attached hydrogens (tertiary/aromatic N) is 2. The molecule has 5 rings (SSSR count). The molecular weight excluding hydrogens is 458 g/mol. The van der Waals surface area contributed by atoms with Crippen molar-refractivity contribution in [3.63, 3.8) is 0 Å². The van der Waals surface area contributed by atoms with Crippen LogP contribution in [0.4, 0.5) is 5.82 Å². The molecule has 4 aromatic rings. The Kier molecular flexibility index (Phi) is 6.89. The predicted molar refractivity (Wildman–Crippen MR) is 138 cm³/mol. The van der Waals surface area contributed by atoms with Crippen molar-refractivity contribution in [2.45, 2.75) is 38.7 Å². The standard InChI is InChI=1S/C29H26ClN3O2/c30-23-11-6-20(7-12-23)17-27(35)33-29-26(14-9-19-4-2-1-3-5-19)31-28-24-13-8-21(18-34)16-22(24)10-15-25(28)32-29/h1-8,11-13,16,34H,9-10,14-15,17-18H2,(H,32,33,35). The Morgan fingerprint density at radius 1 is 0.886 bits per heavy atom. The minimum absolute atomic E-state index is 0.0206. The second kappa shape index (κ2) is 10.4. The van der Waals surface area contributed by atoms with Crippen molar-refractivity contribution in [2.75, 3.05) is 5.32 Å². The van der Waals surface area contributed by atoms with Crippen molar-refractivity contribution >= 4 is 23.3 Å². The van der Waals surface area contributed by atoms with E-state index in [1.54, 1.807) is 12.1 Å². The number of aromatic nitrogens is 2. The molecule has 1 heterocycles. The van der Waals surface area contributed by atoms with Gasteiger partial charge >= 0.3 is 0 Å². The molecule has 3 aromatic carbocycles. The lowest BCUT2D eigenvalue weighted by molar-refractivity contribution is -0.115. The molecule has 2 N–H and O–H groups in total. The van der Waals surface area contributed by atoms with E-state index in [0.29, 0.717) is 17.3 Å². The van der Waals surface area contributed by atoms with Crippen LogP contribution >= 0.6 is 11.6 Å². The van der Waals surface area contributed by atoms with Gasteiger partial charge in [0, 0.05) is 10.6 Å². The average molecular weight is 484 g/mol. The fraction of sp³-hybridized carbons (Fsp3) is 0.207. The molecule has 1 amide bonds. The quantitative estimate of drug-likeness (QED) is 0.371. The normalized spacial score (nSPS) is 12.1. The minimum atomic E-state index is -0.133. The van der Waals surface area contributed by atoms with Gasteiger partial charge in [0.15, 0.2) is 5.82 Å². The third kappa shape index (κ3) is 5.42. The number of aliphatic hydroxyl groups excluding tert-OH is 1. The third-order valence-electron chi connectivity index (χ3n) is 6.31. The van der Waals surface area contributed by atoms with Crippen molar-refractivity contribution in [3.8, 4) is 11.3 Å². The number of benzene rings is 3. The lowest BCUT2D eigenvalue weighted by atomic mass is 9.90. The molecule has 0 aliphatic heterocycles. The molecule has 0 radical (unpaired) electrons. The number of carbonyl (C=O) groups is 1. The number of rotatable bonds is 7. The van der Waals surface area contributed by atoms with Crippen LogP contribution in [0, 0.1) is 0 Å². The number of carbonyl (C=O) groups excluding carboxylic acids is 1. The zero-order valence-electron chi connectivity index (χ0n) is 19.3. The van der Waals surface area contributed by atoms with Gasteiger partial charge in [0.2, 0.25) is 5.91 Å². The highest BCUT2D eigenvalue weighted by molar-refractivity contribution is 6.30. The van der Waals surface area contributed by atoms with E-state index in [1.807, 2.05) is 48.5 Å². The molecule has 6 heteroatoms. The molecular formula is C29H26ClN3O2. The summed E-state index contributed by atoms with van der Waals surface area (Å²) < 4.78 is 0. The minimum Gasteiger partial charge on any atom is -0.392 e. The number of aryl methyl sites for hydroxylation is 4. The maximum absolute atomic E-state index is 12.9. The van der Waals surface area contributed by atoms with Crippen LogP contribution in [0.3, 0.4) is 0 Å². The van der Waals surface area contributed by atoms with Gasteiger partial charge in [0.05, 0.1) is 30.1 Å². The molecule has 35 heavy (non-hydrogen) atoms. The fourth-order valence-electron chi connectivity index (χ4n) is 4.48. The highest BCUT2D eigenvalue weighted by Gasteiger charge is 2.22. The predicted octanol–water partition coefficient (Wildman–Crippen LogP) is 5.35. The van der Waals surface area contributed by atoms with E-state index in [9.17, 15) is 9.90 Å². The van der Waals surface area contributed by atoms with Gasteiger partial charge in [-0.25, -0.2) is 9.97 Å². The Morgan fingerprint density at radius 2 is 1.66 bits per heavy atom. The van der Waals surface area contributed by atoms with Crippen LogP contribution in [0.25, 0.3) is 11.3 Å². The first-order valence-corrected chi connectivity index (χ1v) is 12.2. The van der Waals surface area contributed by atoms with Crippen LogP contribution in [0.15, 0.2) is 72.8 Å². The molecule has 1 aromatic heterocycles. The lowest BCUT2D eigenvalue weighted by Gasteiger charge is -2.21. The summed E-state index contributed by atoms with van der Waals surface area (Å²) in [5.74, 6) is 0.403. The van der Waals surface area contributed by atoms with Crippen LogP contribution in [-0.4, -0.2) is 21.0 Å². The number of fused-ring (bicyclic) bond motifs is 3. The van der Waals surface area contributed by atoms with Gasteiger partial charge in [-0.1, -0.05) is 72.3 Å². The van der Waals surface area contributed by atoms with E-state index in [4.69, 9.17) is 21.6 Å². The number of amides is 1. The maximum Gasteiger partial charge on any atom is 0.229 e. The second-order valence-electron chi connectivity index (χ2n) is 8.80. The van der Waals surface area contributed by atoms with Gasteiger partial charge in [-0.05, 0) is 60.1 Å². The van der Waals surface area contributed by atoms with Gasteiger partial charge < -0.3 is 10.4 Å². The molecule has 0 bridgehead atoms. The summed E-state index contributed by atoms with van der Waals surface area (Å²) in [5, 5.41) is 13.2. The van der Waals surface area contributed by atoms with Crippen LogP contribution in [0.5, 0.6) is 0 Å². The number of aliphatic hydroxyl groups is 1. The van der Waals surface area contributed by atoms with Crippen molar-refractivity contribution in [1.82, 2.24) is 9.97 Å². The largest absolute Gasteiger partial charge is 0.392 e. The lowest BCUT2D eigenvalue weighted by Crippen LogP contribution is -2.20. The van der Waals surface area contributed by atoms with Gasteiger partial charge in [-0.2, -0.15) is 0 Å². The molecule has 1 aliphatic rings. The average Bonchev–Trinajstić information content (AvgIpc) is 2.89. The summed E-state index contributed by atoms with van der Waals surface area (Å²) in [7, 11) is 0. The van der Waals surface area contributed by atoms with Gasteiger partial charge in [-0.15, -0.1) is 0 Å². The molecule has 0 atom stereocenters. The molecule has 0 saturated heterocycles. The number of nitrogens with one attached hydrogen (secondary N) is 1. The zero-order chi connectivity index (χ0) is 24.2. The number of halogens is 1. The van der Waals surface area contributed by atoms with Crippen molar-refractivity contribution in [2.24, 2.45) is 0 Å². The third-order valence-corrected chi connectivity index (χ3v) is 6.56. The summed E-state index contributed by atoms with van der Waals surface area (Å²) in [6.45, 7) is 0.0206. The molecule has 0 saturated carbocycles. The van der Waals surface area contributed by atoms with Gasteiger partial charge in [0.25, 0.3) is 0 Å². The number of anilines is 1. The first-order chi connectivity index (χ1) is 17.1. The van der Waals surface area contributed by atoms with E-state index in [-0.39, 0.29) is 18.9 Å². The Hall–Kier alpha value is -3.54. The Morgan fingerprint density at radius 3 is 2.43 bits per heavy atom. The monoisotopic (exact) mass is 483 g/mol. The molecule has 0 fully saturated rings. The SMILES string of the molecule is O=C(Cc1ccc(Cl)cc1)Nc1nc2c(nc1CCc1ccccc1)-c1ccc(CO)cc1CC2. The molecule has 176 valence electrons. The number of hydrogen-bond donors (Lipinski definition) is 2. The molecule has 0 unspecified atom stereocenters. The number of hydrogen-bond acceptors (Lipinski definition) is 4. The summed E-state index contributed by atoms with van der Waals surface area (Å²) in [6, 6.07) is 23.5. The molecule has 5 nitrogen and oxygen atoms in total. The van der Waals surface area contributed by atoms with Crippen LogP contribution in [0.1, 0.15) is 33.6 Å². The Bertz CT molecular complexity index is 1350. The molecule has 0 spiro atoms. The van der Waals surface area contributed by atoms with Crippen molar-refractivity contribution in [3.05, 3.63) is 111 Å². The topological polar surface area (TPSA) is 75.1 Å². The van der Waals surface area contributed by atoms with Crippen LogP contribution in [0.2, 0.25) is 5.02 Å². The Labute approximate surface area is 209 Å². The zero-order valence-corrected chi connectivity index (χ0v) is 20.1. The van der Waals surface area contributed by atoms with Crippen LogP contribution in [-0.2, 0) is 43.5 Å². The van der Waals surface area contributed by atoms with E-state index in [1.165, 1.54) is 11.1 Å². The fourth-order valence-corrected chi connectivity index (χ4v) is 4.60. The van der Waals surface area contributed by atoms with Crippen LogP contribution < -0.4 is 5.32 Å². The van der Waals surface area contributed by atoms with E-state index < -0.39 is 0 Å². The summed E-state index contributed by atoms with van der Waals surface area (Å²) in [6.07, 6.45) is 3.26. The van der Waals surface area contributed by atoms with Gasteiger partial charge in [-0.3, -0.25) is 4.79 Å². The Balaban J connectivity index is 1.46.